The van der Waals surface area contributed by atoms with E-state index in [0.29, 0.717) is 0 Å². The molecule has 0 heterocycles. The van der Waals surface area contributed by atoms with Crippen LogP contribution in [0.4, 0.5) is 8.78 Å². The normalized spacial score (nSPS) is 12.5. The van der Waals surface area contributed by atoms with Gasteiger partial charge in [-0.15, -0.1) is 0 Å². The van der Waals surface area contributed by atoms with Crippen LogP contribution >= 0.6 is 0 Å². The zero-order chi connectivity index (χ0) is 12.4. The molecule has 0 bridgehead atoms. The third-order valence-corrected chi connectivity index (χ3v) is 2.82. The van der Waals surface area contributed by atoms with E-state index in [1.165, 1.54) is 0 Å². The van der Waals surface area contributed by atoms with Crippen molar-refractivity contribution in [3.05, 3.63) is 70.8 Å². The summed E-state index contributed by atoms with van der Waals surface area (Å²) in [6.45, 7) is 1.90. The molecule has 2 rings (SSSR count). The molecule has 1 unspecified atom stereocenters. The van der Waals surface area contributed by atoms with Gasteiger partial charge in [0.1, 0.15) is 11.6 Å². The first-order valence-electron chi connectivity index (χ1n) is 5.35. The molecule has 1 atom stereocenters. The molecule has 0 radical (unpaired) electrons. The van der Waals surface area contributed by atoms with Gasteiger partial charge in [-0.05, 0) is 36.2 Å². The second-order valence-corrected chi connectivity index (χ2v) is 4.00. The molecule has 0 aromatic heterocycles. The fraction of sp³-hybridized carbons (Fsp3) is 0.143. The Bertz CT molecular complexity index is 537. The van der Waals surface area contributed by atoms with Gasteiger partial charge in [-0.3, -0.25) is 0 Å². The van der Waals surface area contributed by atoms with Crippen molar-refractivity contribution in [2.24, 2.45) is 5.73 Å². The van der Waals surface area contributed by atoms with E-state index in [0.717, 1.165) is 29.3 Å². The van der Waals surface area contributed by atoms with Gasteiger partial charge in [0.15, 0.2) is 0 Å². The maximum atomic E-state index is 13.6. The Kier molecular flexibility index (Phi) is 3.20. The summed E-state index contributed by atoms with van der Waals surface area (Å²) in [7, 11) is 0. The first kappa shape index (κ1) is 11.7. The van der Waals surface area contributed by atoms with Gasteiger partial charge in [0.25, 0.3) is 0 Å². The number of benzene rings is 2. The highest BCUT2D eigenvalue weighted by molar-refractivity contribution is 5.37. The third kappa shape index (κ3) is 2.34. The van der Waals surface area contributed by atoms with Crippen LogP contribution in [0.2, 0.25) is 0 Å². The smallest absolute Gasteiger partial charge is 0.128 e. The lowest BCUT2D eigenvalue weighted by Crippen LogP contribution is -2.15. The summed E-state index contributed by atoms with van der Waals surface area (Å²) in [5.74, 6) is -0.965. The average Bonchev–Trinajstić information content (AvgIpc) is 2.32. The Morgan fingerprint density at radius 2 is 1.71 bits per heavy atom. The molecule has 0 amide bonds. The topological polar surface area (TPSA) is 26.0 Å². The molecule has 88 valence electrons. The summed E-state index contributed by atoms with van der Waals surface area (Å²) in [6, 6.07) is 10.1. The molecular formula is C14H13F2N. The van der Waals surface area contributed by atoms with Crippen molar-refractivity contribution in [3.63, 3.8) is 0 Å². The van der Waals surface area contributed by atoms with Crippen molar-refractivity contribution < 1.29 is 8.78 Å². The summed E-state index contributed by atoms with van der Waals surface area (Å²) in [4.78, 5) is 0. The van der Waals surface area contributed by atoms with Gasteiger partial charge in [0.05, 0.1) is 6.04 Å². The van der Waals surface area contributed by atoms with Crippen LogP contribution in [0.3, 0.4) is 0 Å². The van der Waals surface area contributed by atoms with E-state index in [1.54, 1.807) is 0 Å². The molecule has 3 heteroatoms. The van der Waals surface area contributed by atoms with Crippen molar-refractivity contribution in [3.8, 4) is 0 Å². The summed E-state index contributed by atoms with van der Waals surface area (Å²) in [5, 5.41) is 0. The number of hydrogen-bond acceptors (Lipinski definition) is 1. The van der Waals surface area contributed by atoms with Gasteiger partial charge in [0.2, 0.25) is 0 Å². The third-order valence-electron chi connectivity index (χ3n) is 2.82. The van der Waals surface area contributed by atoms with Crippen LogP contribution in [-0.2, 0) is 0 Å². The summed E-state index contributed by atoms with van der Waals surface area (Å²) in [5.41, 5.74) is 7.92. The average molecular weight is 233 g/mol. The number of halogens is 2. The Labute approximate surface area is 98.9 Å². The fourth-order valence-corrected chi connectivity index (χ4v) is 1.86. The molecule has 0 fully saturated rings. The largest absolute Gasteiger partial charge is 0.320 e. The lowest BCUT2D eigenvalue weighted by molar-refractivity contribution is 0.576. The quantitative estimate of drug-likeness (QED) is 0.846. The van der Waals surface area contributed by atoms with Crippen molar-refractivity contribution in [1.29, 1.82) is 0 Å². The number of hydrogen-bond donors (Lipinski definition) is 1. The molecule has 1 nitrogen and oxygen atoms in total. The van der Waals surface area contributed by atoms with E-state index in [4.69, 9.17) is 5.73 Å². The highest BCUT2D eigenvalue weighted by atomic mass is 19.1. The number of rotatable bonds is 2. The molecule has 0 aliphatic heterocycles. The zero-order valence-electron chi connectivity index (χ0n) is 9.45. The van der Waals surface area contributed by atoms with Crippen LogP contribution in [0.25, 0.3) is 0 Å². The molecule has 2 aromatic rings. The second-order valence-electron chi connectivity index (χ2n) is 4.00. The Hall–Kier alpha value is -1.74. The first-order valence-corrected chi connectivity index (χ1v) is 5.35. The van der Waals surface area contributed by atoms with Gasteiger partial charge < -0.3 is 5.73 Å². The van der Waals surface area contributed by atoms with E-state index in [2.05, 4.69) is 0 Å². The minimum absolute atomic E-state index is 0.180. The first-order chi connectivity index (χ1) is 8.09. The Morgan fingerprint density at radius 1 is 1.00 bits per heavy atom. The fourth-order valence-electron chi connectivity index (χ4n) is 1.86. The lowest BCUT2D eigenvalue weighted by Gasteiger charge is -2.15. The maximum absolute atomic E-state index is 13.6. The van der Waals surface area contributed by atoms with Crippen LogP contribution < -0.4 is 5.73 Å². The van der Waals surface area contributed by atoms with Crippen LogP contribution in [-0.4, -0.2) is 0 Å². The van der Waals surface area contributed by atoms with Gasteiger partial charge in [-0.1, -0.05) is 24.3 Å². The lowest BCUT2D eigenvalue weighted by atomic mass is 9.95. The van der Waals surface area contributed by atoms with E-state index in [9.17, 15) is 8.78 Å². The number of aryl methyl sites for hydroxylation is 1. The predicted molar refractivity (Wildman–Crippen MR) is 63.6 cm³/mol. The molecule has 0 spiro atoms. The minimum atomic E-state index is -0.646. The number of nitrogens with two attached hydrogens (primary N) is 1. The highest BCUT2D eigenvalue weighted by Crippen LogP contribution is 2.25. The standard InChI is InChI=1S/C14H13F2N/c1-9-4-2-3-5-11(9)14(17)12-8-10(15)6-7-13(12)16/h2-8,14H,17H2,1H3. The SMILES string of the molecule is Cc1ccccc1C(N)c1cc(F)ccc1F. The van der Waals surface area contributed by atoms with Crippen LogP contribution in [0.15, 0.2) is 42.5 Å². The minimum Gasteiger partial charge on any atom is -0.320 e. The summed E-state index contributed by atoms with van der Waals surface area (Å²) in [6.07, 6.45) is 0. The highest BCUT2D eigenvalue weighted by Gasteiger charge is 2.15. The summed E-state index contributed by atoms with van der Waals surface area (Å²) < 4.78 is 26.7. The molecule has 2 aromatic carbocycles. The van der Waals surface area contributed by atoms with Gasteiger partial charge in [-0.2, -0.15) is 0 Å². The van der Waals surface area contributed by atoms with E-state index in [1.807, 2.05) is 31.2 Å². The monoisotopic (exact) mass is 233 g/mol. The Balaban J connectivity index is 2.47. The summed E-state index contributed by atoms with van der Waals surface area (Å²) >= 11 is 0. The van der Waals surface area contributed by atoms with E-state index >= 15 is 0 Å². The van der Waals surface area contributed by atoms with Crippen LogP contribution in [0.5, 0.6) is 0 Å². The van der Waals surface area contributed by atoms with E-state index < -0.39 is 17.7 Å². The molecular weight excluding hydrogens is 220 g/mol. The zero-order valence-corrected chi connectivity index (χ0v) is 9.45. The van der Waals surface area contributed by atoms with Gasteiger partial charge >= 0.3 is 0 Å². The van der Waals surface area contributed by atoms with Crippen LogP contribution in [0.1, 0.15) is 22.7 Å². The second kappa shape index (κ2) is 4.63. The van der Waals surface area contributed by atoms with Gasteiger partial charge in [0, 0.05) is 5.56 Å². The molecule has 0 aliphatic carbocycles. The molecule has 17 heavy (non-hydrogen) atoms. The molecule has 2 N–H and O–H groups in total. The maximum Gasteiger partial charge on any atom is 0.128 e. The van der Waals surface area contributed by atoms with Crippen LogP contribution in [0, 0.1) is 18.6 Å². The van der Waals surface area contributed by atoms with Crippen molar-refractivity contribution in [2.75, 3.05) is 0 Å². The van der Waals surface area contributed by atoms with Crippen molar-refractivity contribution in [2.45, 2.75) is 13.0 Å². The molecule has 0 saturated heterocycles. The molecule has 0 saturated carbocycles. The van der Waals surface area contributed by atoms with Gasteiger partial charge in [-0.25, -0.2) is 8.78 Å². The molecule has 0 aliphatic rings. The van der Waals surface area contributed by atoms with Crippen molar-refractivity contribution in [1.82, 2.24) is 0 Å². The predicted octanol–water partition coefficient (Wildman–Crippen LogP) is 3.32. The van der Waals surface area contributed by atoms with E-state index in [-0.39, 0.29) is 5.56 Å². The van der Waals surface area contributed by atoms with Crippen molar-refractivity contribution >= 4 is 0 Å². The Morgan fingerprint density at radius 3 is 2.41 bits per heavy atom.